The number of urea groups is 1. The molecular formula is C24H38N4O2. The second-order valence-electron chi connectivity index (χ2n) is 8.53. The number of hydrogen-bond donors (Lipinski definition) is 1. The zero-order valence-corrected chi connectivity index (χ0v) is 18.7. The fraction of sp³-hybridized carbons (Fsp3) is 0.667. The SMILES string of the molecule is CCN(CC)C(=O)N1CCC(N2CCCC(C(=O)NCCc3ccccc3)C2)CC1. The van der Waals surface area contributed by atoms with Crippen LogP contribution < -0.4 is 5.32 Å². The third-order valence-electron chi connectivity index (χ3n) is 6.66. The smallest absolute Gasteiger partial charge is 0.319 e. The third-order valence-corrected chi connectivity index (χ3v) is 6.66. The zero-order chi connectivity index (χ0) is 21.3. The Morgan fingerprint density at radius 1 is 1.03 bits per heavy atom. The highest BCUT2D eigenvalue weighted by Crippen LogP contribution is 2.24. The van der Waals surface area contributed by atoms with Crippen LogP contribution in [0.1, 0.15) is 45.1 Å². The minimum absolute atomic E-state index is 0.0878. The molecule has 166 valence electrons. The van der Waals surface area contributed by atoms with E-state index in [0.717, 1.165) is 71.4 Å². The second-order valence-corrected chi connectivity index (χ2v) is 8.53. The number of carbonyl (C=O) groups excluding carboxylic acids is 2. The molecule has 1 atom stereocenters. The molecule has 1 aromatic carbocycles. The van der Waals surface area contributed by atoms with Gasteiger partial charge in [0, 0.05) is 45.3 Å². The molecular weight excluding hydrogens is 376 g/mol. The Labute approximate surface area is 181 Å². The average Bonchev–Trinajstić information content (AvgIpc) is 2.80. The molecule has 0 spiro atoms. The van der Waals surface area contributed by atoms with Crippen molar-refractivity contribution in [1.82, 2.24) is 20.0 Å². The van der Waals surface area contributed by atoms with Gasteiger partial charge in [-0.05, 0) is 58.1 Å². The molecule has 2 fully saturated rings. The van der Waals surface area contributed by atoms with Crippen molar-refractivity contribution in [1.29, 1.82) is 0 Å². The van der Waals surface area contributed by atoms with Gasteiger partial charge in [-0.25, -0.2) is 4.79 Å². The van der Waals surface area contributed by atoms with E-state index in [1.54, 1.807) is 0 Å². The second kappa shape index (κ2) is 11.3. The molecule has 3 rings (SSSR count). The van der Waals surface area contributed by atoms with Gasteiger partial charge in [0.2, 0.25) is 5.91 Å². The Hall–Kier alpha value is -2.08. The van der Waals surface area contributed by atoms with E-state index in [4.69, 9.17) is 0 Å². The lowest BCUT2D eigenvalue weighted by atomic mass is 9.93. The largest absolute Gasteiger partial charge is 0.355 e. The Kier molecular flexibility index (Phi) is 8.55. The summed E-state index contributed by atoms with van der Waals surface area (Å²) in [6.07, 6.45) is 4.95. The van der Waals surface area contributed by atoms with Gasteiger partial charge in [-0.15, -0.1) is 0 Å². The van der Waals surface area contributed by atoms with Crippen molar-refractivity contribution in [3.8, 4) is 0 Å². The molecule has 2 aliphatic heterocycles. The van der Waals surface area contributed by atoms with Crippen LogP contribution in [-0.2, 0) is 11.2 Å². The standard InChI is InChI=1S/C24H38N4O2/c1-3-26(4-2)24(30)27-17-13-22(14-18-27)28-16-8-11-21(19-28)23(29)25-15-12-20-9-6-5-7-10-20/h5-7,9-10,21-22H,3-4,8,11-19H2,1-2H3,(H,25,29). The molecule has 2 aliphatic rings. The van der Waals surface area contributed by atoms with Gasteiger partial charge in [0.05, 0.1) is 5.92 Å². The third kappa shape index (κ3) is 5.97. The predicted octanol–water partition coefficient (Wildman–Crippen LogP) is 2.98. The van der Waals surface area contributed by atoms with Gasteiger partial charge in [-0.3, -0.25) is 9.69 Å². The number of amides is 3. The van der Waals surface area contributed by atoms with Crippen LogP contribution in [0.5, 0.6) is 0 Å². The fourth-order valence-corrected chi connectivity index (χ4v) is 4.79. The van der Waals surface area contributed by atoms with Crippen molar-refractivity contribution in [2.75, 3.05) is 45.8 Å². The quantitative estimate of drug-likeness (QED) is 0.746. The summed E-state index contributed by atoms with van der Waals surface area (Å²) in [7, 11) is 0. The number of rotatable bonds is 7. The van der Waals surface area contributed by atoms with Gasteiger partial charge in [0.1, 0.15) is 0 Å². The Bertz CT molecular complexity index is 669. The van der Waals surface area contributed by atoms with E-state index in [2.05, 4.69) is 22.3 Å². The molecule has 0 bridgehead atoms. The molecule has 3 amide bonds. The highest BCUT2D eigenvalue weighted by molar-refractivity contribution is 5.79. The van der Waals surface area contributed by atoms with E-state index < -0.39 is 0 Å². The van der Waals surface area contributed by atoms with E-state index in [-0.39, 0.29) is 17.9 Å². The molecule has 1 N–H and O–H groups in total. The topological polar surface area (TPSA) is 55.9 Å². The highest BCUT2D eigenvalue weighted by Gasteiger charge is 2.33. The number of nitrogens with zero attached hydrogens (tertiary/aromatic N) is 3. The first-order chi connectivity index (χ1) is 14.6. The van der Waals surface area contributed by atoms with Crippen LogP contribution in [0, 0.1) is 5.92 Å². The molecule has 0 radical (unpaired) electrons. The molecule has 2 saturated heterocycles. The minimum Gasteiger partial charge on any atom is -0.355 e. The van der Waals surface area contributed by atoms with Crippen molar-refractivity contribution < 1.29 is 9.59 Å². The van der Waals surface area contributed by atoms with Crippen molar-refractivity contribution in [3.05, 3.63) is 35.9 Å². The number of hydrogen-bond acceptors (Lipinski definition) is 3. The van der Waals surface area contributed by atoms with Crippen LogP contribution in [-0.4, -0.2) is 78.5 Å². The lowest BCUT2D eigenvalue weighted by Crippen LogP contribution is -2.53. The molecule has 30 heavy (non-hydrogen) atoms. The molecule has 0 saturated carbocycles. The molecule has 6 heteroatoms. The van der Waals surface area contributed by atoms with Gasteiger partial charge in [0.15, 0.2) is 0 Å². The minimum atomic E-state index is 0.0878. The maximum Gasteiger partial charge on any atom is 0.319 e. The summed E-state index contributed by atoms with van der Waals surface area (Å²) >= 11 is 0. The molecule has 2 heterocycles. The molecule has 1 aromatic rings. The number of likely N-dealkylation sites (tertiary alicyclic amines) is 2. The summed E-state index contributed by atoms with van der Waals surface area (Å²) in [5.41, 5.74) is 1.26. The van der Waals surface area contributed by atoms with Crippen molar-refractivity contribution in [2.24, 2.45) is 5.92 Å². The van der Waals surface area contributed by atoms with Crippen LogP contribution >= 0.6 is 0 Å². The van der Waals surface area contributed by atoms with Gasteiger partial charge >= 0.3 is 6.03 Å². The van der Waals surface area contributed by atoms with Crippen LogP contribution in [0.4, 0.5) is 4.79 Å². The normalized spacial score (nSPS) is 20.7. The summed E-state index contributed by atoms with van der Waals surface area (Å²) in [6.45, 7) is 9.87. The van der Waals surface area contributed by atoms with Gasteiger partial charge in [-0.2, -0.15) is 0 Å². The summed E-state index contributed by atoms with van der Waals surface area (Å²) in [5.74, 6) is 0.287. The van der Waals surface area contributed by atoms with Gasteiger partial charge < -0.3 is 15.1 Å². The number of nitrogens with one attached hydrogen (secondary N) is 1. The summed E-state index contributed by atoms with van der Waals surface area (Å²) in [5, 5.41) is 3.15. The van der Waals surface area contributed by atoms with Crippen LogP contribution in [0.2, 0.25) is 0 Å². The molecule has 1 unspecified atom stereocenters. The van der Waals surface area contributed by atoms with Crippen molar-refractivity contribution in [3.63, 3.8) is 0 Å². The summed E-state index contributed by atoms with van der Waals surface area (Å²) < 4.78 is 0. The van der Waals surface area contributed by atoms with Crippen molar-refractivity contribution in [2.45, 2.75) is 52.0 Å². The highest BCUT2D eigenvalue weighted by atomic mass is 16.2. The zero-order valence-electron chi connectivity index (χ0n) is 18.7. The lowest BCUT2D eigenvalue weighted by Gasteiger charge is -2.42. The first-order valence-corrected chi connectivity index (χ1v) is 11.7. The van der Waals surface area contributed by atoms with Crippen LogP contribution in [0.25, 0.3) is 0 Å². The Morgan fingerprint density at radius 3 is 2.40 bits per heavy atom. The van der Waals surface area contributed by atoms with E-state index in [9.17, 15) is 9.59 Å². The first kappa shape index (κ1) is 22.6. The summed E-state index contributed by atoms with van der Waals surface area (Å²) in [4.78, 5) is 31.7. The van der Waals surface area contributed by atoms with Gasteiger partial charge in [-0.1, -0.05) is 30.3 Å². The lowest BCUT2D eigenvalue weighted by molar-refractivity contribution is -0.127. The van der Waals surface area contributed by atoms with Crippen molar-refractivity contribution >= 4 is 11.9 Å². The maximum atomic E-state index is 12.7. The Balaban J connectivity index is 1.42. The van der Waals surface area contributed by atoms with E-state index >= 15 is 0 Å². The first-order valence-electron chi connectivity index (χ1n) is 11.7. The van der Waals surface area contributed by atoms with E-state index in [0.29, 0.717) is 12.6 Å². The molecule has 0 aliphatic carbocycles. The Morgan fingerprint density at radius 2 is 1.73 bits per heavy atom. The predicted molar refractivity (Wildman–Crippen MR) is 120 cm³/mol. The number of piperidine rings is 2. The maximum absolute atomic E-state index is 12.7. The van der Waals surface area contributed by atoms with E-state index in [1.807, 2.05) is 41.8 Å². The molecule has 0 aromatic heterocycles. The fourth-order valence-electron chi connectivity index (χ4n) is 4.79. The summed E-state index contributed by atoms with van der Waals surface area (Å²) in [6, 6.07) is 11.0. The number of carbonyl (C=O) groups is 2. The van der Waals surface area contributed by atoms with Gasteiger partial charge in [0.25, 0.3) is 0 Å². The average molecular weight is 415 g/mol. The molecule has 6 nitrogen and oxygen atoms in total. The van der Waals surface area contributed by atoms with E-state index in [1.165, 1.54) is 5.56 Å². The monoisotopic (exact) mass is 414 g/mol. The number of benzene rings is 1. The van der Waals surface area contributed by atoms with Crippen LogP contribution in [0.15, 0.2) is 30.3 Å². The van der Waals surface area contributed by atoms with Crippen LogP contribution in [0.3, 0.4) is 0 Å².